The molecule has 0 spiro atoms. The number of hydrogen-bond acceptors (Lipinski definition) is 5. The Morgan fingerprint density at radius 1 is 1.39 bits per heavy atom. The Kier molecular flexibility index (Phi) is 5.76. The van der Waals surface area contributed by atoms with Crippen molar-refractivity contribution in [3.63, 3.8) is 0 Å². The van der Waals surface area contributed by atoms with Gasteiger partial charge in [-0.3, -0.25) is 9.59 Å². The highest BCUT2D eigenvalue weighted by molar-refractivity contribution is 6.32. The van der Waals surface area contributed by atoms with Gasteiger partial charge in [-0.25, -0.2) is 5.43 Å². The average Bonchev–Trinajstić information content (AvgIpc) is 3.07. The monoisotopic (exact) mass is 335 g/mol. The molecule has 0 atom stereocenters. The Morgan fingerprint density at radius 2 is 2.22 bits per heavy atom. The van der Waals surface area contributed by atoms with Crippen molar-refractivity contribution in [2.75, 3.05) is 13.7 Å². The van der Waals surface area contributed by atoms with Gasteiger partial charge in [0.25, 0.3) is 11.8 Å². The zero-order valence-electron chi connectivity index (χ0n) is 12.2. The van der Waals surface area contributed by atoms with E-state index in [4.69, 9.17) is 20.8 Å². The fraction of sp³-hybridized carbons (Fsp3) is 0.133. The predicted molar refractivity (Wildman–Crippen MR) is 84.8 cm³/mol. The van der Waals surface area contributed by atoms with Crippen molar-refractivity contribution in [3.8, 4) is 5.75 Å². The third-order valence-corrected chi connectivity index (χ3v) is 3.03. The van der Waals surface area contributed by atoms with Crippen molar-refractivity contribution >= 4 is 29.6 Å². The number of carbonyl (C=O) groups is 2. The van der Waals surface area contributed by atoms with E-state index in [-0.39, 0.29) is 12.3 Å². The van der Waals surface area contributed by atoms with Crippen LogP contribution in [-0.4, -0.2) is 31.7 Å². The molecule has 23 heavy (non-hydrogen) atoms. The highest BCUT2D eigenvalue weighted by Gasteiger charge is 2.09. The number of amides is 2. The molecule has 0 aliphatic heterocycles. The third-order valence-electron chi connectivity index (χ3n) is 2.73. The minimum Gasteiger partial charge on any atom is -0.495 e. The van der Waals surface area contributed by atoms with E-state index >= 15 is 0 Å². The van der Waals surface area contributed by atoms with Gasteiger partial charge >= 0.3 is 0 Å². The van der Waals surface area contributed by atoms with Gasteiger partial charge in [-0.05, 0) is 35.9 Å². The number of methoxy groups -OCH3 is 1. The second kappa shape index (κ2) is 8.00. The minimum absolute atomic E-state index is 0.133. The van der Waals surface area contributed by atoms with Gasteiger partial charge in [0.15, 0.2) is 5.76 Å². The van der Waals surface area contributed by atoms with E-state index in [9.17, 15) is 9.59 Å². The van der Waals surface area contributed by atoms with E-state index in [1.807, 2.05) is 0 Å². The number of nitrogens with zero attached hydrogens (tertiary/aromatic N) is 1. The molecule has 0 saturated heterocycles. The Hall–Kier alpha value is -2.80. The van der Waals surface area contributed by atoms with Gasteiger partial charge in [-0.1, -0.05) is 11.6 Å². The van der Waals surface area contributed by atoms with Crippen LogP contribution in [0.4, 0.5) is 0 Å². The van der Waals surface area contributed by atoms with Gasteiger partial charge in [0.2, 0.25) is 0 Å². The van der Waals surface area contributed by atoms with Crippen molar-refractivity contribution in [2.45, 2.75) is 0 Å². The van der Waals surface area contributed by atoms with E-state index < -0.39 is 11.8 Å². The number of halogens is 1. The Labute approximate surface area is 137 Å². The van der Waals surface area contributed by atoms with Gasteiger partial charge < -0.3 is 14.5 Å². The molecule has 1 aromatic carbocycles. The highest BCUT2D eigenvalue weighted by atomic mass is 35.5. The fourth-order valence-corrected chi connectivity index (χ4v) is 1.90. The largest absolute Gasteiger partial charge is 0.495 e. The summed E-state index contributed by atoms with van der Waals surface area (Å²) in [6.45, 7) is -0.222. The van der Waals surface area contributed by atoms with Gasteiger partial charge in [-0.2, -0.15) is 5.10 Å². The zero-order valence-corrected chi connectivity index (χ0v) is 13.0. The molecule has 0 aliphatic rings. The van der Waals surface area contributed by atoms with Crippen LogP contribution in [0, 0.1) is 0 Å². The van der Waals surface area contributed by atoms with E-state index in [1.165, 1.54) is 25.7 Å². The molecule has 0 radical (unpaired) electrons. The van der Waals surface area contributed by atoms with Gasteiger partial charge in [-0.15, -0.1) is 0 Å². The molecule has 0 saturated carbocycles. The first-order valence-corrected chi connectivity index (χ1v) is 6.95. The number of hydrazone groups is 1. The molecule has 2 N–H and O–H groups in total. The number of furan rings is 1. The van der Waals surface area contributed by atoms with Crippen LogP contribution >= 0.6 is 11.6 Å². The van der Waals surface area contributed by atoms with Gasteiger partial charge in [0.1, 0.15) is 5.75 Å². The first-order valence-electron chi connectivity index (χ1n) is 6.57. The fourth-order valence-electron chi connectivity index (χ4n) is 1.64. The summed E-state index contributed by atoms with van der Waals surface area (Å²) >= 11 is 5.97. The Bertz CT molecular complexity index is 714. The van der Waals surface area contributed by atoms with Crippen LogP contribution < -0.4 is 15.5 Å². The third kappa shape index (κ3) is 4.86. The number of rotatable bonds is 6. The SMILES string of the molecule is COc1ccc(/C=N\NC(=O)CNC(=O)c2ccco2)cc1Cl. The number of benzene rings is 1. The molecule has 120 valence electrons. The van der Waals surface area contributed by atoms with Crippen molar-refractivity contribution in [2.24, 2.45) is 5.10 Å². The highest BCUT2D eigenvalue weighted by Crippen LogP contribution is 2.24. The van der Waals surface area contributed by atoms with Crippen molar-refractivity contribution in [1.29, 1.82) is 0 Å². The maximum Gasteiger partial charge on any atom is 0.287 e. The molecule has 2 aromatic rings. The van der Waals surface area contributed by atoms with Crippen LogP contribution in [0.3, 0.4) is 0 Å². The summed E-state index contributed by atoms with van der Waals surface area (Å²) in [6.07, 6.45) is 2.80. The molecular formula is C15H14ClN3O4. The lowest BCUT2D eigenvalue weighted by Crippen LogP contribution is -2.34. The Morgan fingerprint density at radius 3 is 2.87 bits per heavy atom. The molecule has 1 heterocycles. The summed E-state index contributed by atoms with van der Waals surface area (Å²) in [4.78, 5) is 23.1. The summed E-state index contributed by atoms with van der Waals surface area (Å²) in [5.74, 6) is -0.264. The van der Waals surface area contributed by atoms with Gasteiger partial charge in [0.05, 0.1) is 31.2 Å². The standard InChI is InChI=1S/C15H14ClN3O4/c1-22-12-5-4-10(7-11(12)16)8-18-19-14(20)9-17-15(21)13-3-2-6-23-13/h2-8H,9H2,1H3,(H,17,21)(H,19,20)/b18-8-. The summed E-state index contributed by atoms with van der Waals surface area (Å²) in [6, 6.07) is 8.15. The number of nitrogens with one attached hydrogen (secondary N) is 2. The first-order chi connectivity index (χ1) is 11.1. The second-order valence-corrected chi connectivity index (χ2v) is 4.75. The quantitative estimate of drug-likeness (QED) is 0.622. The Balaban J connectivity index is 1.79. The predicted octanol–water partition coefficient (Wildman–Crippen LogP) is 1.82. The zero-order chi connectivity index (χ0) is 16.7. The topological polar surface area (TPSA) is 92.9 Å². The lowest BCUT2D eigenvalue weighted by molar-refractivity contribution is -0.120. The number of hydrogen-bond donors (Lipinski definition) is 2. The van der Waals surface area contributed by atoms with Gasteiger partial charge in [0, 0.05) is 0 Å². The molecule has 0 aliphatic carbocycles. The van der Waals surface area contributed by atoms with E-state index in [0.717, 1.165) is 0 Å². The average molecular weight is 336 g/mol. The van der Waals surface area contributed by atoms with E-state index in [2.05, 4.69) is 15.8 Å². The first kappa shape index (κ1) is 16.6. The second-order valence-electron chi connectivity index (χ2n) is 4.35. The molecular weight excluding hydrogens is 322 g/mol. The smallest absolute Gasteiger partial charge is 0.287 e. The molecule has 0 unspecified atom stereocenters. The molecule has 8 heteroatoms. The summed E-state index contributed by atoms with van der Waals surface area (Å²) in [5, 5.41) is 6.62. The maximum absolute atomic E-state index is 11.6. The normalized spacial score (nSPS) is 10.5. The summed E-state index contributed by atoms with van der Waals surface area (Å²) in [7, 11) is 1.52. The maximum atomic E-state index is 11.6. The van der Waals surface area contributed by atoms with Crippen LogP contribution in [0.5, 0.6) is 5.75 Å². The van der Waals surface area contributed by atoms with Crippen molar-refractivity contribution in [3.05, 3.63) is 52.9 Å². The van der Waals surface area contributed by atoms with Crippen LogP contribution in [0.1, 0.15) is 16.1 Å². The van der Waals surface area contributed by atoms with E-state index in [0.29, 0.717) is 16.3 Å². The number of ether oxygens (including phenoxy) is 1. The number of carbonyl (C=O) groups excluding carboxylic acids is 2. The van der Waals surface area contributed by atoms with Crippen LogP contribution in [-0.2, 0) is 4.79 Å². The van der Waals surface area contributed by atoms with Crippen molar-refractivity contribution < 1.29 is 18.7 Å². The molecule has 2 amide bonds. The van der Waals surface area contributed by atoms with Crippen LogP contribution in [0.15, 0.2) is 46.1 Å². The molecule has 2 rings (SSSR count). The molecule has 1 aromatic heterocycles. The summed E-state index contributed by atoms with van der Waals surface area (Å²) < 4.78 is 9.93. The molecule has 7 nitrogen and oxygen atoms in total. The molecule has 0 fully saturated rings. The van der Waals surface area contributed by atoms with Crippen molar-refractivity contribution in [1.82, 2.24) is 10.7 Å². The van der Waals surface area contributed by atoms with E-state index in [1.54, 1.807) is 24.3 Å². The lowest BCUT2D eigenvalue weighted by atomic mass is 10.2. The lowest BCUT2D eigenvalue weighted by Gasteiger charge is -2.03. The van der Waals surface area contributed by atoms with Crippen LogP contribution in [0.2, 0.25) is 5.02 Å². The molecule has 0 bridgehead atoms. The van der Waals surface area contributed by atoms with Crippen LogP contribution in [0.25, 0.3) is 0 Å². The summed E-state index contributed by atoms with van der Waals surface area (Å²) in [5.41, 5.74) is 2.98. The minimum atomic E-state index is -0.476.